The summed E-state index contributed by atoms with van der Waals surface area (Å²) in [7, 11) is 1.21. The molecule has 1 aromatic rings. The molecule has 0 saturated heterocycles. The van der Waals surface area contributed by atoms with E-state index in [1.807, 2.05) is 37.3 Å². The van der Waals surface area contributed by atoms with Crippen LogP contribution in [0.2, 0.25) is 0 Å². The molecule has 0 fully saturated rings. The summed E-state index contributed by atoms with van der Waals surface area (Å²) in [6, 6.07) is 9.77. The molecule has 0 unspecified atom stereocenters. The van der Waals surface area contributed by atoms with E-state index >= 15 is 0 Å². The summed E-state index contributed by atoms with van der Waals surface area (Å²) in [5.74, 6) is -0.417. The quantitative estimate of drug-likeness (QED) is 0.824. The molecular formula is C12H16N2O3. The van der Waals surface area contributed by atoms with E-state index in [1.165, 1.54) is 7.11 Å². The third-order valence-electron chi connectivity index (χ3n) is 2.30. The maximum Gasteiger partial charge on any atom is 0.413 e. The molecule has 0 aliphatic rings. The number of methoxy groups -OCH3 is 1. The number of carbonyl (C=O) groups excluding carboxylic acids is 2. The molecule has 0 spiro atoms. The number of hydrogen-bond acceptors (Lipinski definition) is 4. The highest BCUT2D eigenvalue weighted by atomic mass is 16.5. The number of nitrogens with one attached hydrogen (secondary N) is 2. The number of amides is 2. The topological polar surface area (TPSA) is 67.4 Å². The van der Waals surface area contributed by atoms with E-state index < -0.39 is 12.0 Å². The summed E-state index contributed by atoms with van der Waals surface area (Å²) in [5, 5.41) is 5.08. The van der Waals surface area contributed by atoms with Crippen molar-refractivity contribution in [2.75, 3.05) is 13.7 Å². The predicted molar refractivity (Wildman–Crippen MR) is 63.4 cm³/mol. The van der Waals surface area contributed by atoms with Crippen LogP contribution in [-0.4, -0.2) is 25.7 Å². The van der Waals surface area contributed by atoms with Gasteiger partial charge in [-0.05, 0) is 12.5 Å². The molecule has 5 heteroatoms. The number of carbonyl (C=O) groups is 2. The normalized spacial score (nSPS) is 11.6. The lowest BCUT2D eigenvalue weighted by atomic mass is 10.1. The van der Waals surface area contributed by atoms with Gasteiger partial charge in [0.25, 0.3) is 0 Å². The summed E-state index contributed by atoms with van der Waals surface area (Å²) in [4.78, 5) is 22.0. The highest BCUT2D eigenvalue weighted by Crippen LogP contribution is 2.10. The Morgan fingerprint density at radius 3 is 2.53 bits per heavy atom. The van der Waals surface area contributed by atoms with Crippen molar-refractivity contribution in [3.8, 4) is 0 Å². The van der Waals surface area contributed by atoms with Crippen LogP contribution in [0, 0.1) is 0 Å². The fourth-order valence-electron chi connectivity index (χ4n) is 1.31. The van der Waals surface area contributed by atoms with Gasteiger partial charge in [0.2, 0.25) is 5.91 Å². The minimum Gasteiger partial charge on any atom is -0.453 e. The second-order valence-corrected chi connectivity index (χ2v) is 3.55. The van der Waals surface area contributed by atoms with Crippen LogP contribution in [0.15, 0.2) is 30.3 Å². The Labute approximate surface area is 100 Å². The highest BCUT2D eigenvalue weighted by molar-refractivity contribution is 5.92. The minimum absolute atomic E-state index is 0.0413. The van der Waals surface area contributed by atoms with E-state index in [0.717, 1.165) is 5.56 Å². The van der Waals surface area contributed by atoms with Crippen molar-refractivity contribution in [1.82, 2.24) is 10.6 Å². The first kappa shape index (κ1) is 13.2. The third-order valence-corrected chi connectivity index (χ3v) is 2.30. The van der Waals surface area contributed by atoms with E-state index in [4.69, 9.17) is 0 Å². The zero-order valence-electron chi connectivity index (χ0n) is 9.90. The van der Waals surface area contributed by atoms with Gasteiger partial charge in [0, 0.05) is 6.04 Å². The van der Waals surface area contributed by atoms with Gasteiger partial charge in [0.15, 0.2) is 0 Å². The van der Waals surface area contributed by atoms with Gasteiger partial charge in [-0.3, -0.25) is 10.1 Å². The van der Waals surface area contributed by atoms with Gasteiger partial charge in [0.1, 0.15) is 0 Å². The average Bonchev–Trinajstić information content (AvgIpc) is 2.36. The predicted octanol–water partition coefficient (Wildman–Crippen LogP) is 1.22. The lowest BCUT2D eigenvalue weighted by molar-refractivity contribution is -0.119. The third kappa shape index (κ3) is 4.65. The molecule has 2 amide bonds. The number of ether oxygens (including phenoxy) is 1. The second kappa shape index (κ2) is 6.65. The summed E-state index contributed by atoms with van der Waals surface area (Å²) in [5.41, 5.74) is 1.08. The molecule has 5 nitrogen and oxygen atoms in total. The van der Waals surface area contributed by atoms with Crippen LogP contribution in [0.1, 0.15) is 18.5 Å². The van der Waals surface area contributed by atoms with E-state index in [9.17, 15) is 9.59 Å². The summed E-state index contributed by atoms with van der Waals surface area (Å²) in [6.07, 6.45) is -0.746. The van der Waals surface area contributed by atoms with E-state index in [0.29, 0.717) is 0 Å². The lowest BCUT2D eigenvalue weighted by Gasteiger charge is -2.13. The molecule has 1 rings (SSSR count). The monoisotopic (exact) mass is 236 g/mol. The van der Waals surface area contributed by atoms with E-state index in [1.54, 1.807) is 0 Å². The van der Waals surface area contributed by atoms with Crippen LogP contribution in [0.25, 0.3) is 0 Å². The van der Waals surface area contributed by atoms with E-state index in [-0.39, 0.29) is 12.6 Å². The first-order chi connectivity index (χ1) is 8.13. The van der Waals surface area contributed by atoms with Crippen LogP contribution >= 0.6 is 0 Å². The van der Waals surface area contributed by atoms with Gasteiger partial charge in [-0.2, -0.15) is 0 Å². The highest BCUT2D eigenvalue weighted by Gasteiger charge is 2.09. The number of benzene rings is 1. The standard InChI is InChI=1S/C12H16N2O3/c1-9(10-6-4-3-5-7-10)13-8-11(15)14-12(16)17-2/h3-7,9,13H,8H2,1-2H3,(H,14,15,16)/t9-/m1/s1. The van der Waals surface area contributed by atoms with Crippen molar-refractivity contribution in [1.29, 1.82) is 0 Å². The summed E-state index contributed by atoms with van der Waals surface area (Å²) >= 11 is 0. The molecule has 2 N–H and O–H groups in total. The SMILES string of the molecule is COC(=O)NC(=O)CN[C@H](C)c1ccccc1. The van der Waals surface area contributed by atoms with E-state index in [2.05, 4.69) is 15.4 Å². The fraction of sp³-hybridized carbons (Fsp3) is 0.333. The Morgan fingerprint density at radius 2 is 1.94 bits per heavy atom. The Balaban J connectivity index is 2.36. The smallest absolute Gasteiger partial charge is 0.413 e. The molecule has 0 radical (unpaired) electrons. The maximum absolute atomic E-state index is 11.3. The molecule has 0 saturated carbocycles. The van der Waals surface area contributed by atoms with Gasteiger partial charge in [-0.15, -0.1) is 0 Å². The maximum atomic E-state index is 11.3. The van der Waals surface area contributed by atoms with Crippen molar-refractivity contribution in [3.05, 3.63) is 35.9 Å². The molecule has 92 valence electrons. The van der Waals surface area contributed by atoms with Crippen LogP contribution < -0.4 is 10.6 Å². The van der Waals surface area contributed by atoms with Gasteiger partial charge in [0.05, 0.1) is 13.7 Å². The molecule has 0 bridgehead atoms. The molecule has 0 aliphatic carbocycles. The molecule has 0 aromatic heterocycles. The Morgan fingerprint density at radius 1 is 1.29 bits per heavy atom. The van der Waals surface area contributed by atoms with Crippen molar-refractivity contribution >= 4 is 12.0 Å². The van der Waals surface area contributed by atoms with Gasteiger partial charge in [-0.25, -0.2) is 4.79 Å². The van der Waals surface area contributed by atoms with Crippen molar-refractivity contribution < 1.29 is 14.3 Å². The Kier molecular flexibility index (Phi) is 5.16. The van der Waals surface area contributed by atoms with Gasteiger partial charge >= 0.3 is 6.09 Å². The lowest BCUT2D eigenvalue weighted by Crippen LogP contribution is -2.38. The van der Waals surface area contributed by atoms with Gasteiger partial charge in [-0.1, -0.05) is 30.3 Å². The minimum atomic E-state index is -0.746. The number of hydrogen-bond donors (Lipinski definition) is 2. The van der Waals surface area contributed by atoms with Crippen molar-refractivity contribution in [2.45, 2.75) is 13.0 Å². The summed E-state index contributed by atoms with van der Waals surface area (Å²) < 4.78 is 4.31. The zero-order chi connectivity index (χ0) is 12.7. The molecule has 1 atom stereocenters. The second-order valence-electron chi connectivity index (χ2n) is 3.55. The molecule has 0 heterocycles. The zero-order valence-corrected chi connectivity index (χ0v) is 9.90. The Hall–Kier alpha value is -1.88. The fourth-order valence-corrected chi connectivity index (χ4v) is 1.31. The largest absolute Gasteiger partial charge is 0.453 e. The Bertz CT molecular complexity index is 379. The van der Waals surface area contributed by atoms with Crippen LogP contribution in [0.5, 0.6) is 0 Å². The summed E-state index contributed by atoms with van der Waals surface area (Å²) in [6.45, 7) is 2.01. The van der Waals surface area contributed by atoms with Crippen molar-refractivity contribution in [3.63, 3.8) is 0 Å². The number of alkyl carbamates (subject to hydrolysis) is 1. The average molecular weight is 236 g/mol. The molecule has 17 heavy (non-hydrogen) atoms. The molecule has 0 aliphatic heterocycles. The van der Waals surface area contributed by atoms with Crippen LogP contribution in [-0.2, 0) is 9.53 Å². The number of rotatable bonds is 4. The first-order valence-electron chi connectivity index (χ1n) is 5.29. The van der Waals surface area contributed by atoms with Crippen LogP contribution in [0.4, 0.5) is 4.79 Å². The van der Waals surface area contributed by atoms with Gasteiger partial charge < -0.3 is 10.1 Å². The van der Waals surface area contributed by atoms with Crippen molar-refractivity contribution in [2.24, 2.45) is 0 Å². The number of imide groups is 1. The first-order valence-corrected chi connectivity index (χ1v) is 5.29. The van der Waals surface area contributed by atoms with Crippen LogP contribution in [0.3, 0.4) is 0 Å². The molecule has 1 aromatic carbocycles. The molecular weight excluding hydrogens is 220 g/mol.